The van der Waals surface area contributed by atoms with Crippen LogP contribution in [-0.2, 0) is 17.9 Å². The summed E-state index contributed by atoms with van der Waals surface area (Å²) < 4.78 is 7.85. The third-order valence-electron chi connectivity index (χ3n) is 6.37. The van der Waals surface area contributed by atoms with Gasteiger partial charge >= 0.3 is 0 Å². The second kappa shape index (κ2) is 10.5. The maximum atomic E-state index is 12.3. The predicted octanol–water partition coefficient (Wildman–Crippen LogP) is 3.20. The second-order valence-corrected chi connectivity index (χ2v) is 8.86. The molecule has 178 valence electrons. The smallest absolute Gasteiger partial charge is 0.274 e. The summed E-state index contributed by atoms with van der Waals surface area (Å²) in [6.45, 7) is 7.72. The van der Waals surface area contributed by atoms with Gasteiger partial charge in [0.2, 0.25) is 11.5 Å². The molecular weight excluding hydrogens is 428 g/mol. The van der Waals surface area contributed by atoms with Crippen LogP contribution in [0, 0.1) is 6.92 Å². The molecule has 2 heterocycles. The summed E-state index contributed by atoms with van der Waals surface area (Å²) in [6, 6.07) is 13.9. The number of carbonyl (C=O) groups excluding carboxylic acids is 1. The van der Waals surface area contributed by atoms with Crippen molar-refractivity contribution in [2.24, 2.45) is 4.99 Å². The fraction of sp³-hybridized carbons (Fsp3) is 0.370. The molecular formula is C27H32N4O3. The van der Waals surface area contributed by atoms with Crippen LogP contribution in [0.25, 0.3) is 6.58 Å². The maximum absolute atomic E-state index is 12.3. The lowest BCUT2D eigenvalue weighted by Gasteiger charge is -2.18. The Balaban J connectivity index is 1.19. The van der Waals surface area contributed by atoms with Crippen molar-refractivity contribution in [3.05, 3.63) is 80.5 Å². The minimum atomic E-state index is -0.203. The quantitative estimate of drug-likeness (QED) is 0.369. The lowest BCUT2D eigenvalue weighted by atomic mass is 10.0. The van der Waals surface area contributed by atoms with Gasteiger partial charge in [0.1, 0.15) is 11.1 Å². The van der Waals surface area contributed by atoms with E-state index in [2.05, 4.69) is 16.6 Å². The summed E-state index contributed by atoms with van der Waals surface area (Å²) in [5.41, 5.74) is 4.44. The molecule has 0 saturated heterocycles. The van der Waals surface area contributed by atoms with Gasteiger partial charge in [-0.15, -0.1) is 0 Å². The molecule has 1 aliphatic rings. The van der Waals surface area contributed by atoms with Gasteiger partial charge in [0, 0.05) is 25.6 Å². The Morgan fingerprint density at radius 3 is 2.71 bits per heavy atom. The van der Waals surface area contributed by atoms with E-state index >= 15 is 0 Å². The first-order chi connectivity index (χ1) is 16.4. The number of hydrogen-bond donors (Lipinski definition) is 1. The van der Waals surface area contributed by atoms with Gasteiger partial charge in [-0.3, -0.25) is 14.6 Å². The molecule has 4 rings (SSSR count). The van der Waals surface area contributed by atoms with Gasteiger partial charge in [-0.05, 0) is 43.0 Å². The predicted molar refractivity (Wildman–Crippen MR) is 133 cm³/mol. The molecule has 7 heteroatoms. The van der Waals surface area contributed by atoms with Gasteiger partial charge in [0.15, 0.2) is 0 Å². The Kier molecular flexibility index (Phi) is 7.30. The van der Waals surface area contributed by atoms with Gasteiger partial charge in [0.25, 0.3) is 5.56 Å². The molecule has 0 atom stereocenters. The minimum Gasteiger partial charge on any atom is -0.493 e. The number of ether oxygens (including phenoxy) is 1. The monoisotopic (exact) mass is 460 g/mol. The van der Waals surface area contributed by atoms with Crippen LogP contribution in [0.1, 0.15) is 48.8 Å². The number of carbonyl (C=O) groups is 1. The average Bonchev–Trinajstić information content (AvgIpc) is 3.11. The van der Waals surface area contributed by atoms with E-state index in [1.165, 1.54) is 0 Å². The van der Waals surface area contributed by atoms with Gasteiger partial charge in [0.05, 0.1) is 18.8 Å². The summed E-state index contributed by atoms with van der Waals surface area (Å²) in [5.74, 6) is 1.03. The van der Waals surface area contributed by atoms with Crippen molar-refractivity contribution in [1.29, 1.82) is 0 Å². The van der Waals surface area contributed by atoms with E-state index < -0.39 is 0 Å². The number of nitrogens with one attached hydrogen (secondary N) is 1. The number of nitrogens with zero attached hydrogens (tertiary/aromatic N) is 3. The average molecular weight is 461 g/mol. The molecule has 0 fully saturated rings. The minimum absolute atomic E-state index is 0.188. The first kappa shape index (κ1) is 23.5. The van der Waals surface area contributed by atoms with Crippen LogP contribution in [0.15, 0.2) is 52.3 Å². The number of aromatic nitrogens is 2. The lowest BCUT2D eigenvalue weighted by molar-refractivity contribution is -0.130. The summed E-state index contributed by atoms with van der Waals surface area (Å²) in [5, 5.41) is 0.417. The molecule has 7 nitrogen and oxygen atoms in total. The highest BCUT2D eigenvalue weighted by molar-refractivity contribution is 5.75. The zero-order valence-electron chi connectivity index (χ0n) is 20.0. The van der Waals surface area contributed by atoms with Crippen molar-refractivity contribution < 1.29 is 9.53 Å². The van der Waals surface area contributed by atoms with Crippen LogP contribution in [-0.4, -0.2) is 34.0 Å². The first-order valence-corrected chi connectivity index (χ1v) is 11.8. The zero-order valence-corrected chi connectivity index (χ0v) is 20.0. The van der Waals surface area contributed by atoms with Crippen LogP contribution < -0.4 is 21.3 Å². The number of hydrogen-bond acceptors (Lipinski definition) is 4. The van der Waals surface area contributed by atoms with Crippen LogP contribution in [0.3, 0.4) is 0 Å². The van der Waals surface area contributed by atoms with E-state index in [9.17, 15) is 9.59 Å². The van der Waals surface area contributed by atoms with E-state index in [0.717, 1.165) is 53.8 Å². The number of aromatic amines is 1. The highest BCUT2D eigenvalue weighted by Crippen LogP contribution is 2.31. The number of imidazole rings is 1. The number of rotatable bonds is 10. The summed E-state index contributed by atoms with van der Waals surface area (Å²) in [6.07, 6.45) is 4.44. The Hall–Kier alpha value is -3.61. The van der Waals surface area contributed by atoms with Gasteiger partial charge < -0.3 is 14.2 Å². The van der Waals surface area contributed by atoms with Gasteiger partial charge in [-0.2, -0.15) is 0 Å². The molecule has 34 heavy (non-hydrogen) atoms. The van der Waals surface area contributed by atoms with E-state index in [-0.39, 0.29) is 11.5 Å². The zero-order chi connectivity index (χ0) is 24.1. The maximum Gasteiger partial charge on any atom is 0.274 e. The van der Waals surface area contributed by atoms with Crippen molar-refractivity contribution in [3.63, 3.8) is 0 Å². The molecule has 3 aromatic rings. The fourth-order valence-corrected chi connectivity index (χ4v) is 4.25. The van der Waals surface area contributed by atoms with E-state index in [1.807, 2.05) is 56.4 Å². The van der Waals surface area contributed by atoms with Crippen LogP contribution in [0.2, 0.25) is 0 Å². The number of fused-ring (bicyclic) bond motifs is 2. The molecule has 0 spiro atoms. The molecule has 0 unspecified atom stereocenters. The largest absolute Gasteiger partial charge is 0.493 e. The van der Waals surface area contributed by atoms with Crippen LogP contribution >= 0.6 is 0 Å². The van der Waals surface area contributed by atoms with Crippen molar-refractivity contribution in [2.45, 2.75) is 52.1 Å². The van der Waals surface area contributed by atoms with E-state index in [0.29, 0.717) is 37.1 Å². The van der Waals surface area contributed by atoms with Crippen molar-refractivity contribution in [1.82, 2.24) is 14.5 Å². The first-order valence-electron chi connectivity index (χ1n) is 11.8. The third-order valence-corrected chi connectivity index (χ3v) is 6.37. The number of amides is 1. The fourth-order valence-electron chi connectivity index (χ4n) is 4.25. The third kappa shape index (κ3) is 5.30. The Bertz CT molecular complexity index is 1320. The Morgan fingerprint density at radius 2 is 1.91 bits per heavy atom. The number of benzene rings is 2. The highest BCUT2D eigenvalue weighted by Gasteiger charge is 2.17. The molecule has 1 N–H and O–H groups in total. The van der Waals surface area contributed by atoms with Crippen molar-refractivity contribution in [2.75, 3.05) is 13.7 Å². The van der Waals surface area contributed by atoms with E-state index in [4.69, 9.17) is 4.74 Å². The van der Waals surface area contributed by atoms with Crippen LogP contribution in [0.5, 0.6) is 5.75 Å². The molecule has 0 bridgehead atoms. The van der Waals surface area contributed by atoms with Gasteiger partial charge in [-0.25, -0.2) is 4.99 Å². The second-order valence-electron chi connectivity index (χ2n) is 8.86. The summed E-state index contributed by atoms with van der Waals surface area (Å²) in [7, 11) is 1.87. The van der Waals surface area contributed by atoms with E-state index in [1.54, 1.807) is 9.47 Å². The molecule has 0 radical (unpaired) electrons. The number of unbranched alkanes of at least 4 members (excludes halogenated alkanes) is 3. The van der Waals surface area contributed by atoms with Crippen LogP contribution in [0.4, 0.5) is 5.69 Å². The molecule has 2 aromatic carbocycles. The lowest BCUT2D eigenvalue weighted by Crippen LogP contribution is -2.32. The topological polar surface area (TPSA) is 79.7 Å². The Morgan fingerprint density at radius 1 is 1.15 bits per heavy atom. The summed E-state index contributed by atoms with van der Waals surface area (Å²) >= 11 is 0. The normalized spacial score (nSPS) is 11.9. The molecule has 1 aromatic heterocycles. The van der Waals surface area contributed by atoms with Crippen molar-refractivity contribution >= 4 is 18.2 Å². The SMILES string of the molecule is C=c1c(=O)[nH]c2n1Cc1c(ccc(OCCCCCCC(=O)N(C)Cc3ccccc3)c1C)N=2. The molecule has 0 aliphatic carbocycles. The number of H-pyrrole nitrogens is 1. The summed E-state index contributed by atoms with van der Waals surface area (Å²) in [4.78, 5) is 33.3. The molecule has 1 amide bonds. The highest BCUT2D eigenvalue weighted by atomic mass is 16.5. The Labute approximate surface area is 199 Å². The molecule has 0 saturated carbocycles. The molecule has 1 aliphatic heterocycles. The van der Waals surface area contributed by atoms with Gasteiger partial charge in [-0.1, -0.05) is 49.8 Å². The standard InChI is InChI=1S/C27H32N4O3/c1-19-22-18-31-20(2)26(33)29-27(31)28-23(22)14-15-24(19)34-16-10-5-4-9-13-25(32)30(3)17-21-11-7-6-8-12-21/h6-8,11-12,14-15H,2,4-5,9-10,13,16-18H2,1,3H3,(H,28,29,33). The van der Waals surface area contributed by atoms with Crippen molar-refractivity contribution in [3.8, 4) is 5.75 Å².